The smallest absolute Gasteiger partial charge is 0.241 e. The molecule has 0 saturated carbocycles. The van der Waals surface area contributed by atoms with E-state index in [1.807, 2.05) is 13.8 Å². The van der Waals surface area contributed by atoms with Crippen molar-refractivity contribution in [3.8, 4) is 0 Å². The summed E-state index contributed by atoms with van der Waals surface area (Å²) in [5.74, 6) is -0.784. The highest BCUT2D eigenvalue weighted by atomic mass is 35.5. The average molecular weight is 358 g/mol. The van der Waals surface area contributed by atoms with E-state index in [0.29, 0.717) is 18.7 Å². The molecule has 3 N–H and O–H groups in total. The van der Waals surface area contributed by atoms with Crippen molar-refractivity contribution in [3.63, 3.8) is 0 Å². The number of nitrogens with zero attached hydrogens (tertiary/aromatic N) is 1. The van der Waals surface area contributed by atoms with Crippen LogP contribution in [0, 0.1) is 11.2 Å². The summed E-state index contributed by atoms with van der Waals surface area (Å²) in [5.41, 5.74) is 6.51. The summed E-state index contributed by atoms with van der Waals surface area (Å²) in [6.45, 7) is 5.24. The minimum Gasteiger partial charge on any atom is -0.347 e. The van der Waals surface area contributed by atoms with Gasteiger partial charge in [0.25, 0.3) is 0 Å². The van der Waals surface area contributed by atoms with Gasteiger partial charge in [0, 0.05) is 19.1 Å². The number of amides is 2. The fraction of sp³-hybridized carbons (Fsp3) is 0.529. The number of nitrogens with one attached hydrogen (secondary N) is 1. The molecule has 24 heavy (non-hydrogen) atoms. The Bertz CT molecular complexity index is 595. The Labute approximate surface area is 148 Å². The van der Waals surface area contributed by atoms with Gasteiger partial charge in [0.1, 0.15) is 5.82 Å². The van der Waals surface area contributed by atoms with Gasteiger partial charge in [-0.15, -0.1) is 12.4 Å². The van der Waals surface area contributed by atoms with Crippen LogP contribution in [0.5, 0.6) is 0 Å². The molecular formula is C17H25ClFN3O2. The second kappa shape index (κ2) is 8.44. The Kier molecular flexibility index (Phi) is 7.17. The second-order valence-corrected chi connectivity index (χ2v) is 6.78. The van der Waals surface area contributed by atoms with Crippen molar-refractivity contribution in [2.24, 2.45) is 11.1 Å². The molecule has 0 bridgehead atoms. The molecule has 1 atom stereocenters. The average Bonchev–Trinajstić information content (AvgIpc) is 2.47. The molecule has 134 valence electrons. The van der Waals surface area contributed by atoms with Crippen molar-refractivity contribution < 1.29 is 14.0 Å². The molecule has 2 rings (SSSR count). The first kappa shape index (κ1) is 20.4. The molecule has 1 heterocycles. The standard InChI is InChI=1S/C17H24FN3O2.ClH/c1-17(2)11-21(7-6-14(17)19)16(23)10-20-15(22)9-12-4-3-5-13(18)8-12;/h3-5,8,14H,6-7,9-11,19H2,1-2H3,(H,20,22);1H. The lowest BCUT2D eigenvalue weighted by molar-refractivity contribution is -0.135. The zero-order chi connectivity index (χ0) is 17.0. The molecule has 1 aromatic rings. The molecule has 7 heteroatoms. The maximum absolute atomic E-state index is 13.1. The monoisotopic (exact) mass is 357 g/mol. The summed E-state index contributed by atoms with van der Waals surface area (Å²) < 4.78 is 13.1. The number of carbonyl (C=O) groups is 2. The maximum Gasteiger partial charge on any atom is 0.241 e. The van der Waals surface area contributed by atoms with Crippen LogP contribution in [0.15, 0.2) is 24.3 Å². The lowest BCUT2D eigenvalue weighted by Crippen LogP contribution is -2.55. The first-order valence-electron chi connectivity index (χ1n) is 7.82. The van der Waals surface area contributed by atoms with Crippen molar-refractivity contribution in [1.29, 1.82) is 0 Å². The number of nitrogens with two attached hydrogens (primary N) is 1. The number of benzene rings is 1. The topological polar surface area (TPSA) is 75.4 Å². The number of rotatable bonds is 4. The van der Waals surface area contributed by atoms with Crippen LogP contribution in [-0.4, -0.2) is 42.4 Å². The SMILES string of the molecule is CC1(C)CN(C(=O)CNC(=O)Cc2cccc(F)c2)CCC1N.Cl. The Balaban J connectivity index is 0.00000288. The fourth-order valence-electron chi connectivity index (χ4n) is 2.77. The van der Waals surface area contributed by atoms with E-state index in [4.69, 9.17) is 5.73 Å². The van der Waals surface area contributed by atoms with Gasteiger partial charge < -0.3 is 16.0 Å². The van der Waals surface area contributed by atoms with Crippen molar-refractivity contribution in [1.82, 2.24) is 10.2 Å². The van der Waals surface area contributed by atoms with Gasteiger partial charge in [0.15, 0.2) is 0 Å². The van der Waals surface area contributed by atoms with Crippen LogP contribution >= 0.6 is 12.4 Å². The third-order valence-corrected chi connectivity index (χ3v) is 4.36. The molecule has 0 radical (unpaired) electrons. The van der Waals surface area contributed by atoms with Gasteiger partial charge in [-0.1, -0.05) is 26.0 Å². The summed E-state index contributed by atoms with van der Waals surface area (Å²) in [6.07, 6.45) is 0.817. The van der Waals surface area contributed by atoms with Crippen molar-refractivity contribution in [2.75, 3.05) is 19.6 Å². The molecule has 1 aliphatic heterocycles. The molecule has 1 aliphatic rings. The van der Waals surface area contributed by atoms with Gasteiger partial charge in [-0.2, -0.15) is 0 Å². The Morgan fingerprint density at radius 2 is 2.12 bits per heavy atom. The Hall–Kier alpha value is -1.66. The number of likely N-dealkylation sites (tertiary alicyclic amines) is 1. The van der Waals surface area contributed by atoms with Crippen LogP contribution in [0.3, 0.4) is 0 Å². The zero-order valence-corrected chi connectivity index (χ0v) is 14.9. The van der Waals surface area contributed by atoms with Gasteiger partial charge in [-0.3, -0.25) is 9.59 Å². The van der Waals surface area contributed by atoms with E-state index in [1.165, 1.54) is 12.1 Å². The third kappa shape index (κ3) is 5.46. The van der Waals surface area contributed by atoms with E-state index in [2.05, 4.69) is 5.32 Å². The van der Waals surface area contributed by atoms with Gasteiger partial charge in [0.05, 0.1) is 13.0 Å². The summed E-state index contributed by atoms with van der Waals surface area (Å²) in [7, 11) is 0. The predicted octanol–water partition coefficient (Wildman–Crippen LogP) is 1.49. The molecule has 1 saturated heterocycles. The van der Waals surface area contributed by atoms with Gasteiger partial charge in [-0.05, 0) is 29.5 Å². The highest BCUT2D eigenvalue weighted by Gasteiger charge is 2.35. The molecule has 1 fully saturated rings. The summed E-state index contributed by atoms with van der Waals surface area (Å²) in [5, 5.41) is 2.60. The summed E-state index contributed by atoms with van der Waals surface area (Å²) in [4.78, 5) is 25.8. The first-order valence-corrected chi connectivity index (χ1v) is 7.82. The number of hydrogen-bond donors (Lipinski definition) is 2. The van der Waals surface area contributed by atoms with Crippen LogP contribution in [0.2, 0.25) is 0 Å². The minimum absolute atomic E-state index is 0. The lowest BCUT2D eigenvalue weighted by Gasteiger charge is -2.42. The van der Waals surface area contributed by atoms with Crippen LogP contribution in [0.1, 0.15) is 25.8 Å². The molecular weight excluding hydrogens is 333 g/mol. The molecule has 5 nitrogen and oxygen atoms in total. The largest absolute Gasteiger partial charge is 0.347 e. The van der Waals surface area contributed by atoms with Crippen LogP contribution < -0.4 is 11.1 Å². The Morgan fingerprint density at radius 1 is 1.42 bits per heavy atom. The van der Waals surface area contributed by atoms with Crippen molar-refractivity contribution in [2.45, 2.75) is 32.7 Å². The molecule has 2 amide bonds. The highest BCUT2D eigenvalue weighted by molar-refractivity contribution is 5.86. The van der Waals surface area contributed by atoms with E-state index < -0.39 is 0 Å². The first-order chi connectivity index (χ1) is 10.8. The van der Waals surface area contributed by atoms with E-state index in [0.717, 1.165) is 6.42 Å². The fourth-order valence-corrected chi connectivity index (χ4v) is 2.77. The lowest BCUT2D eigenvalue weighted by atomic mass is 9.79. The van der Waals surface area contributed by atoms with Crippen LogP contribution in [0.25, 0.3) is 0 Å². The van der Waals surface area contributed by atoms with Gasteiger partial charge in [-0.25, -0.2) is 4.39 Å². The quantitative estimate of drug-likeness (QED) is 0.857. The van der Waals surface area contributed by atoms with Crippen molar-refractivity contribution >= 4 is 24.2 Å². The van der Waals surface area contributed by atoms with E-state index in [1.54, 1.807) is 17.0 Å². The van der Waals surface area contributed by atoms with E-state index in [9.17, 15) is 14.0 Å². The number of carbonyl (C=O) groups excluding carboxylic acids is 2. The van der Waals surface area contributed by atoms with Crippen LogP contribution in [0.4, 0.5) is 4.39 Å². The minimum atomic E-state index is -0.377. The highest BCUT2D eigenvalue weighted by Crippen LogP contribution is 2.27. The molecule has 1 aromatic carbocycles. The van der Waals surface area contributed by atoms with Crippen molar-refractivity contribution in [3.05, 3.63) is 35.6 Å². The summed E-state index contributed by atoms with van der Waals surface area (Å²) in [6, 6.07) is 5.96. The molecule has 0 spiro atoms. The number of halogens is 2. The zero-order valence-electron chi connectivity index (χ0n) is 14.0. The second-order valence-electron chi connectivity index (χ2n) is 6.78. The van der Waals surface area contributed by atoms with Gasteiger partial charge >= 0.3 is 0 Å². The predicted molar refractivity (Wildman–Crippen MR) is 93.3 cm³/mol. The molecule has 0 aliphatic carbocycles. The Morgan fingerprint density at radius 3 is 2.75 bits per heavy atom. The number of piperidine rings is 1. The maximum atomic E-state index is 13.1. The molecule has 0 aromatic heterocycles. The normalized spacial score (nSPS) is 19.3. The van der Waals surface area contributed by atoms with Crippen LogP contribution in [-0.2, 0) is 16.0 Å². The summed E-state index contributed by atoms with van der Waals surface area (Å²) >= 11 is 0. The number of hydrogen-bond acceptors (Lipinski definition) is 3. The molecule has 1 unspecified atom stereocenters. The third-order valence-electron chi connectivity index (χ3n) is 4.36. The van der Waals surface area contributed by atoms with E-state index >= 15 is 0 Å². The van der Waals surface area contributed by atoms with Gasteiger partial charge in [0.2, 0.25) is 11.8 Å². The van der Waals surface area contributed by atoms with E-state index in [-0.39, 0.29) is 54.5 Å².